The SMILES string of the molecule is CC(C)CNCc1nnnn1-c1c(F)cc(F)cc1F. The lowest BCUT2D eigenvalue weighted by atomic mass is 10.2. The molecule has 0 aliphatic heterocycles. The summed E-state index contributed by atoms with van der Waals surface area (Å²) in [6.45, 7) is 5.01. The first-order valence-corrected chi connectivity index (χ1v) is 6.12. The molecule has 0 aliphatic rings. The van der Waals surface area contributed by atoms with Gasteiger partial charge in [0.1, 0.15) is 11.5 Å². The molecule has 0 bridgehead atoms. The van der Waals surface area contributed by atoms with Crippen LogP contribution in [0.25, 0.3) is 5.69 Å². The maximum absolute atomic E-state index is 13.7. The Labute approximate surface area is 113 Å². The van der Waals surface area contributed by atoms with E-state index in [9.17, 15) is 13.2 Å². The van der Waals surface area contributed by atoms with E-state index < -0.39 is 23.1 Å². The third-order valence-corrected chi connectivity index (χ3v) is 2.56. The summed E-state index contributed by atoms with van der Waals surface area (Å²) < 4.78 is 41.2. The summed E-state index contributed by atoms with van der Waals surface area (Å²) >= 11 is 0. The van der Waals surface area contributed by atoms with Crippen molar-refractivity contribution >= 4 is 0 Å². The van der Waals surface area contributed by atoms with Crippen LogP contribution in [0.2, 0.25) is 0 Å². The number of tetrazole rings is 1. The van der Waals surface area contributed by atoms with Gasteiger partial charge in [-0.15, -0.1) is 5.10 Å². The molecule has 2 aromatic rings. The van der Waals surface area contributed by atoms with Crippen molar-refractivity contribution in [2.75, 3.05) is 6.54 Å². The first-order chi connectivity index (χ1) is 9.49. The average Bonchev–Trinajstić information content (AvgIpc) is 2.75. The summed E-state index contributed by atoms with van der Waals surface area (Å²) in [6, 6.07) is 1.18. The predicted molar refractivity (Wildman–Crippen MR) is 65.6 cm³/mol. The van der Waals surface area contributed by atoms with Gasteiger partial charge in [0.25, 0.3) is 0 Å². The second kappa shape index (κ2) is 6.00. The molecule has 1 aromatic carbocycles. The van der Waals surface area contributed by atoms with E-state index in [4.69, 9.17) is 0 Å². The first-order valence-electron chi connectivity index (χ1n) is 6.12. The van der Waals surface area contributed by atoms with Crippen molar-refractivity contribution in [3.05, 3.63) is 35.4 Å². The zero-order chi connectivity index (χ0) is 14.7. The molecule has 0 amide bonds. The van der Waals surface area contributed by atoms with Crippen molar-refractivity contribution in [1.82, 2.24) is 25.5 Å². The minimum atomic E-state index is -1.06. The molecule has 0 saturated carbocycles. The number of aromatic nitrogens is 4. The Hall–Kier alpha value is -1.96. The lowest BCUT2D eigenvalue weighted by Crippen LogP contribution is -2.22. The second-order valence-electron chi connectivity index (χ2n) is 4.75. The molecule has 5 nitrogen and oxygen atoms in total. The fraction of sp³-hybridized carbons (Fsp3) is 0.417. The zero-order valence-corrected chi connectivity index (χ0v) is 11.1. The molecular formula is C12H14F3N5. The molecule has 8 heteroatoms. The maximum Gasteiger partial charge on any atom is 0.170 e. The average molecular weight is 285 g/mol. The van der Waals surface area contributed by atoms with Gasteiger partial charge in [-0.25, -0.2) is 13.2 Å². The Morgan fingerprint density at radius 2 is 1.85 bits per heavy atom. The third-order valence-electron chi connectivity index (χ3n) is 2.56. The van der Waals surface area contributed by atoms with Crippen molar-refractivity contribution < 1.29 is 13.2 Å². The fourth-order valence-electron chi connectivity index (χ4n) is 1.70. The highest BCUT2D eigenvalue weighted by atomic mass is 19.1. The van der Waals surface area contributed by atoms with Crippen LogP contribution in [-0.4, -0.2) is 26.8 Å². The summed E-state index contributed by atoms with van der Waals surface area (Å²) in [4.78, 5) is 0. The molecule has 1 N–H and O–H groups in total. The van der Waals surface area contributed by atoms with Gasteiger partial charge < -0.3 is 5.32 Å². The second-order valence-corrected chi connectivity index (χ2v) is 4.75. The molecule has 1 heterocycles. The van der Waals surface area contributed by atoms with Gasteiger partial charge >= 0.3 is 0 Å². The van der Waals surface area contributed by atoms with Crippen LogP contribution < -0.4 is 5.32 Å². The van der Waals surface area contributed by atoms with E-state index in [-0.39, 0.29) is 12.4 Å². The third kappa shape index (κ3) is 3.13. The highest BCUT2D eigenvalue weighted by Gasteiger charge is 2.18. The maximum atomic E-state index is 13.7. The highest BCUT2D eigenvalue weighted by Crippen LogP contribution is 2.19. The van der Waals surface area contributed by atoms with Crippen LogP contribution in [-0.2, 0) is 6.54 Å². The van der Waals surface area contributed by atoms with Crippen LogP contribution in [0.1, 0.15) is 19.7 Å². The van der Waals surface area contributed by atoms with Crippen LogP contribution in [0.15, 0.2) is 12.1 Å². The van der Waals surface area contributed by atoms with Crippen LogP contribution >= 0.6 is 0 Å². The molecule has 1 aromatic heterocycles. The van der Waals surface area contributed by atoms with Crippen LogP contribution in [0, 0.1) is 23.4 Å². The summed E-state index contributed by atoms with van der Waals surface area (Å²) in [5.41, 5.74) is -0.488. The Bertz CT molecular complexity index is 574. The largest absolute Gasteiger partial charge is 0.310 e. The molecule has 0 atom stereocenters. The van der Waals surface area contributed by atoms with Gasteiger partial charge in [-0.2, -0.15) is 4.68 Å². The minimum Gasteiger partial charge on any atom is -0.310 e. The topological polar surface area (TPSA) is 55.6 Å². The molecule has 0 aliphatic carbocycles. The van der Waals surface area contributed by atoms with E-state index >= 15 is 0 Å². The molecule has 108 valence electrons. The van der Waals surface area contributed by atoms with Crippen LogP contribution in [0.3, 0.4) is 0 Å². The van der Waals surface area contributed by atoms with Crippen LogP contribution in [0.4, 0.5) is 13.2 Å². The quantitative estimate of drug-likeness (QED) is 0.910. The van der Waals surface area contributed by atoms with Gasteiger partial charge in [-0.3, -0.25) is 0 Å². The van der Waals surface area contributed by atoms with Gasteiger partial charge in [-0.05, 0) is 22.9 Å². The minimum absolute atomic E-state index is 0.245. The molecule has 2 rings (SSSR count). The molecular weight excluding hydrogens is 271 g/mol. The summed E-state index contributed by atoms with van der Waals surface area (Å²) in [6.07, 6.45) is 0. The highest BCUT2D eigenvalue weighted by molar-refractivity contribution is 5.35. The summed E-state index contributed by atoms with van der Waals surface area (Å²) in [7, 11) is 0. The number of nitrogens with zero attached hydrogens (tertiary/aromatic N) is 4. The Morgan fingerprint density at radius 1 is 1.20 bits per heavy atom. The zero-order valence-electron chi connectivity index (χ0n) is 11.1. The lowest BCUT2D eigenvalue weighted by molar-refractivity contribution is 0.511. The normalized spacial score (nSPS) is 11.3. The summed E-state index contributed by atoms with van der Waals surface area (Å²) in [5.74, 6) is -2.44. The lowest BCUT2D eigenvalue weighted by Gasteiger charge is -2.09. The van der Waals surface area contributed by atoms with E-state index in [1.165, 1.54) is 0 Å². The van der Waals surface area contributed by atoms with Crippen molar-refractivity contribution in [2.24, 2.45) is 5.92 Å². The van der Waals surface area contributed by atoms with Gasteiger partial charge in [-0.1, -0.05) is 13.8 Å². The van der Waals surface area contributed by atoms with Crippen LogP contribution in [0.5, 0.6) is 0 Å². The van der Waals surface area contributed by atoms with Crippen molar-refractivity contribution in [3.63, 3.8) is 0 Å². The van der Waals surface area contributed by atoms with E-state index in [0.29, 0.717) is 24.6 Å². The number of nitrogens with one attached hydrogen (secondary N) is 1. The van der Waals surface area contributed by atoms with Crippen molar-refractivity contribution in [1.29, 1.82) is 0 Å². The molecule has 0 saturated heterocycles. The Morgan fingerprint density at radius 3 is 2.45 bits per heavy atom. The number of benzene rings is 1. The van der Waals surface area contributed by atoms with E-state index in [0.717, 1.165) is 4.68 Å². The smallest absolute Gasteiger partial charge is 0.170 e. The van der Waals surface area contributed by atoms with Gasteiger partial charge in [0.15, 0.2) is 17.5 Å². The number of hydrogen-bond donors (Lipinski definition) is 1. The van der Waals surface area contributed by atoms with E-state index in [1.54, 1.807) is 0 Å². The monoisotopic (exact) mass is 285 g/mol. The molecule has 20 heavy (non-hydrogen) atoms. The first kappa shape index (κ1) is 14.4. The van der Waals surface area contributed by atoms with Gasteiger partial charge in [0.05, 0.1) is 6.54 Å². The van der Waals surface area contributed by atoms with E-state index in [2.05, 4.69) is 20.8 Å². The van der Waals surface area contributed by atoms with Crippen molar-refractivity contribution in [2.45, 2.75) is 20.4 Å². The molecule has 0 spiro atoms. The number of halogens is 3. The standard InChI is InChI=1S/C12H14F3N5/c1-7(2)5-16-6-11-17-18-19-20(11)12-9(14)3-8(13)4-10(12)15/h3-4,7,16H,5-6H2,1-2H3. The number of hydrogen-bond acceptors (Lipinski definition) is 4. The molecule has 0 radical (unpaired) electrons. The molecule has 0 fully saturated rings. The summed E-state index contributed by atoms with van der Waals surface area (Å²) in [5, 5.41) is 13.7. The predicted octanol–water partition coefficient (Wildman–Crippen LogP) is 1.83. The van der Waals surface area contributed by atoms with E-state index in [1.807, 2.05) is 13.8 Å². The Balaban J connectivity index is 2.28. The number of rotatable bonds is 5. The molecule has 0 unspecified atom stereocenters. The Kier molecular flexibility index (Phi) is 4.33. The van der Waals surface area contributed by atoms with Gasteiger partial charge in [0, 0.05) is 12.1 Å². The fourth-order valence-corrected chi connectivity index (χ4v) is 1.70. The van der Waals surface area contributed by atoms with Gasteiger partial charge in [0.2, 0.25) is 0 Å². The van der Waals surface area contributed by atoms with Crippen molar-refractivity contribution in [3.8, 4) is 5.69 Å².